The predicted octanol–water partition coefficient (Wildman–Crippen LogP) is 3.40. The van der Waals surface area contributed by atoms with Gasteiger partial charge in [-0.1, -0.05) is 6.42 Å². The van der Waals surface area contributed by atoms with E-state index in [4.69, 9.17) is 0 Å². The number of hydrogen-bond acceptors (Lipinski definition) is 2. The molecule has 4 nitrogen and oxygen atoms in total. The molecule has 2 aliphatic rings. The predicted molar refractivity (Wildman–Crippen MR) is 75.9 cm³/mol. The first-order valence-corrected chi connectivity index (χ1v) is 7.35. The monoisotopic (exact) mass is 270 g/mol. The first kappa shape index (κ1) is 11.9. The first-order valence-electron chi connectivity index (χ1n) is 7.35. The number of nitrogens with zero attached hydrogens (tertiary/aromatic N) is 2. The number of carboxylic acids is 1. The average molecular weight is 270 g/mol. The molecule has 0 aliphatic heterocycles. The highest BCUT2D eigenvalue weighted by Crippen LogP contribution is 2.51. The van der Waals surface area contributed by atoms with Crippen molar-refractivity contribution in [2.24, 2.45) is 11.8 Å². The number of hydrogen-bond donors (Lipinski definition) is 1. The van der Waals surface area contributed by atoms with Gasteiger partial charge in [0.2, 0.25) is 0 Å². The van der Waals surface area contributed by atoms with Crippen molar-refractivity contribution in [3.63, 3.8) is 0 Å². The Morgan fingerprint density at radius 3 is 2.85 bits per heavy atom. The Bertz CT molecular complexity index is 704. The Kier molecular flexibility index (Phi) is 2.43. The summed E-state index contributed by atoms with van der Waals surface area (Å²) in [6.07, 6.45) is 5.25. The van der Waals surface area contributed by atoms with Crippen LogP contribution in [0.2, 0.25) is 0 Å². The van der Waals surface area contributed by atoms with E-state index < -0.39 is 5.97 Å². The SMILES string of the molecule is Cc1nc2ccc(C(=O)O)cc2n1C1CC2CCC1C2. The quantitative estimate of drug-likeness (QED) is 0.909. The third-order valence-electron chi connectivity index (χ3n) is 5.15. The topological polar surface area (TPSA) is 55.1 Å². The van der Waals surface area contributed by atoms with Gasteiger partial charge in [-0.2, -0.15) is 0 Å². The van der Waals surface area contributed by atoms with Gasteiger partial charge in [-0.25, -0.2) is 9.78 Å². The zero-order valence-electron chi connectivity index (χ0n) is 11.5. The molecule has 1 N–H and O–H groups in total. The third-order valence-corrected chi connectivity index (χ3v) is 5.15. The highest BCUT2D eigenvalue weighted by molar-refractivity contribution is 5.92. The lowest BCUT2D eigenvalue weighted by atomic mass is 9.95. The summed E-state index contributed by atoms with van der Waals surface area (Å²) in [4.78, 5) is 15.8. The molecular weight excluding hydrogens is 252 g/mol. The summed E-state index contributed by atoms with van der Waals surface area (Å²) in [6, 6.07) is 5.77. The molecule has 2 aromatic rings. The highest BCUT2D eigenvalue weighted by Gasteiger charge is 2.41. The molecule has 1 aromatic heterocycles. The van der Waals surface area contributed by atoms with Crippen molar-refractivity contribution < 1.29 is 9.90 Å². The maximum Gasteiger partial charge on any atom is 0.335 e. The van der Waals surface area contributed by atoms with Crippen molar-refractivity contribution >= 4 is 17.0 Å². The number of aromatic carboxylic acids is 1. The van der Waals surface area contributed by atoms with Gasteiger partial charge in [-0.3, -0.25) is 0 Å². The molecule has 2 saturated carbocycles. The Morgan fingerprint density at radius 1 is 1.35 bits per heavy atom. The second-order valence-electron chi connectivity index (χ2n) is 6.28. The van der Waals surface area contributed by atoms with E-state index in [0.29, 0.717) is 11.6 Å². The number of carbonyl (C=O) groups is 1. The number of fused-ring (bicyclic) bond motifs is 3. The number of rotatable bonds is 2. The zero-order valence-corrected chi connectivity index (χ0v) is 11.5. The van der Waals surface area contributed by atoms with Crippen molar-refractivity contribution in [1.29, 1.82) is 0 Å². The minimum atomic E-state index is -0.870. The van der Waals surface area contributed by atoms with E-state index in [2.05, 4.69) is 9.55 Å². The van der Waals surface area contributed by atoms with E-state index in [1.807, 2.05) is 13.0 Å². The van der Waals surface area contributed by atoms with Crippen LogP contribution < -0.4 is 0 Å². The summed E-state index contributed by atoms with van der Waals surface area (Å²) in [5.74, 6) is 1.76. The average Bonchev–Trinajstić information content (AvgIpc) is 3.09. The van der Waals surface area contributed by atoms with Gasteiger partial charge in [0, 0.05) is 6.04 Å². The van der Waals surface area contributed by atoms with Crippen LogP contribution in [0.3, 0.4) is 0 Å². The van der Waals surface area contributed by atoms with E-state index in [1.54, 1.807) is 12.1 Å². The van der Waals surface area contributed by atoms with Crippen LogP contribution in [-0.2, 0) is 0 Å². The highest BCUT2D eigenvalue weighted by atomic mass is 16.4. The molecule has 0 radical (unpaired) electrons. The molecular formula is C16H18N2O2. The van der Waals surface area contributed by atoms with Gasteiger partial charge in [-0.05, 0) is 56.2 Å². The van der Waals surface area contributed by atoms with Crippen LogP contribution in [0, 0.1) is 18.8 Å². The molecule has 104 valence electrons. The van der Waals surface area contributed by atoms with Crippen LogP contribution in [0.4, 0.5) is 0 Å². The molecule has 0 spiro atoms. The molecule has 4 rings (SSSR count). The van der Waals surface area contributed by atoms with Crippen LogP contribution in [-0.4, -0.2) is 20.6 Å². The smallest absolute Gasteiger partial charge is 0.335 e. The third kappa shape index (κ3) is 1.60. The summed E-state index contributed by atoms with van der Waals surface area (Å²) in [5, 5.41) is 9.18. The summed E-state index contributed by atoms with van der Waals surface area (Å²) in [7, 11) is 0. The molecule has 2 bridgehead atoms. The zero-order chi connectivity index (χ0) is 13.9. The lowest BCUT2D eigenvalue weighted by molar-refractivity contribution is 0.0697. The van der Waals surface area contributed by atoms with Gasteiger partial charge in [0.1, 0.15) is 5.82 Å². The fourth-order valence-corrected chi connectivity index (χ4v) is 4.29. The van der Waals surface area contributed by atoms with Gasteiger partial charge in [0.25, 0.3) is 0 Å². The molecule has 2 aliphatic carbocycles. The molecule has 3 atom stereocenters. The van der Waals surface area contributed by atoms with Crippen LogP contribution in [0.15, 0.2) is 18.2 Å². The van der Waals surface area contributed by atoms with Crippen molar-refractivity contribution in [3.05, 3.63) is 29.6 Å². The lowest BCUT2D eigenvalue weighted by Gasteiger charge is -2.25. The molecule has 0 saturated heterocycles. The Morgan fingerprint density at radius 2 is 2.20 bits per heavy atom. The standard InChI is InChI=1S/C16H18N2O2/c1-9-17-13-5-4-12(16(19)20)8-15(13)18(9)14-7-10-2-3-11(14)6-10/h4-5,8,10-11,14H,2-3,6-7H2,1H3,(H,19,20). The molecule has 1 heterocycles. The maximum absolute atomic E-state index is 11.2. The van der Waals surface area contributed by atoms with Crippen LogP contribution in [0.5, 0.6) is 0 Å². The minimum absolute atomic E-state index is 0.349. The Hall–Kier alpha value is -1.84. The van der Waals surface area contributed by atoms with Crippen LogP contribution >= 0.6 is 0 Å². The van der Waals surface area contributed by atoms with E-state index in [9.17, 15) is 9.90 Å². The largest absolute Gasteiger partial charge is 0.478 e. The van der Waals surface area contributed by atoms with Crippen LogP contribution in [0.25, 0.3) is 11.0 Å². The van der Waals surface area contributed by atoms with Crippen LogP contribution in [0.1, 0.15) is 47.9 Å². The van der Waals surface area contributed by atoms with Gasteiger partial charge in [-0.15, -0.1) is 0 Å². The van der Waals surface area contributed by atoms with Crippen molar-refractivity contribution in [1.82, 2.24) is 9.55 Å². The van der Waals surface area contributed by atoms with E-state index in [1.165, 1.54) is 25.7 Å². The van der Waals surface area contributed by atoms with Gasteiger partial charge in [0.15, 0.2) is 0 Å². The molecule has 2 fully saturated rings. The second kappa shape index (κ2) is 4.08. The first-order chi connectivity index (χ1) is 9.63. The maximum atomic E-state index is 11.2. The molecule has 4 heteroatoms. The summed E-state index contributed by atoms with van der Waals surface area (Å²) < 4.78 is 2.30. The van der Waals surface area contributed by atoms with Gasteiger partial charge in [0.05, 0.1) is 16.6 Å². The van der Waals surface area contributed by atoms with E-state index >= 15 is 0 Å². The summed E-state index contributed by atoms with van der Waals surface area (Å²) in [6.45, 7) is 2.03. The van der Waals surface area contributed by atoms with E-state index in [0.717, 1.165) is 28.7 Å². The van der Waals surface area contributed by atoms with Crippen molar-refractivity contribution in [3.8, 4) is 0 Å². The number of benzene rings is 1. The van der Waals surface area contributed by atoms with Gasteiger partial charge >= 0.3 is 5.97 Å². The Balaban J connectivity index is 1.87. The number of aromatic nitrogens is 2. The number of carboxylic acid groups (broad SMARTS) is 1. The fourth-order valence-electron chi connectivity index (χ4n) is 4.29. The summed E-state index contributed by atoms with van der Waals surface area (Å²) in [5.41, 5.74) is 2.25. The van der Waals surface area contributed by atoms with Crippen molar-refractivity contribution in [2.75, 3.05) is 0 Å². The fraction of sp³-hybridized carbons (Fsp3) is 0.500. The molecule has 20 heavy (non-hydrogen) atoms. The molecule has 0 amide bonds. The number of imidazole rings is 1. The lowest BCUT2D eigenvalue weighted by Crippen LogP contribution is -2.17. The molecule has 3 unspecified atom stereocenters. The normalized spacial score (nSPS) is 28.4. The Labute approximate surface area is 117 Å². The van der Waals surface area contributed by atoms with Gasteiger partial charge < -0.3 is 9.67 Å². The van der Waals surface area contributed by atoms with E-state index in [-0.39, 0.29) is 0 Å². The molecule has 1 aromatic carbocycles. The minimum Gasteiger partial charge on any atom is -0.478 e. The van der Waals surface area contributed by atoms with Crippen molar-refractivity contribution in [2.45, 2.75) is 38.6 Å². The summed E-state index contributed by atoms with van der Waals surface area (Å²) >= 11 is 0. The second-order valence-corrected chi connectivity index (χ2v) is 6.28. The number of aryl methyl sites for hydroxylation is 1.